The number of hydrogen-bond donors (Lipinski definition) is 2. The van der Waals surface area contributed by atoms with Gasteiger partial charge < -0.3 is 9.84 Å². The highest BCUT2D eigenvalue weighted by molar-refractivity contribution is 7.14. The predicted octanol–water partition coefficient (Wildman–Crippen LogP) is 4.71. The molecular weight excluding hydrogens is 358 g/mol. The van der Waals surface area contributed by atoms with Crippen LogP contribution in [0.4, 0.5) is 5.13 Å². The molecule has 0 atom stereocenters. The summed E-state index contributed by atoms with van der Waals surface area (Å²) < 4.78 is 5.14. The largest absolute Gasteiger partial charge is 0.504 e. The lowest BCUT2D eigenvalue weighted by Gasteiger charge is -2.08. The maximum Gasteiger partial charge on any atom is 0.203 e. The molecule has 0 bridgehead atoms. The molecule has 0 aliphatic rings. The second-order valence-electron chi connectivity index (χ2n) is 5.14. The summed E-state index contributed by atoms with van der Waals surface area (Å²) in [6, 6.07) is 13.4. The zero-order chi connectivity index (χ0) is 17.6. The summed E-state index contributed by atoms with van der Waals surface area (Å²) in [5.41, 5.74) is 6.22. The third kappa shape index (κ3) is 4.10. The van der Waals surface area contributed by atoms with Crippen LogP contribution in [-0.2, 0) is 5.88 Å². The number of hydrogen-bond acceptors (Lipinski definition) is 6. The average molecular weight is 374 g/mol. The fraction of sp³-hybridized carbons (Fsp3) is 0.111. The second-order valence-corrected chi connectivity index (χ2v) is 6.26. The third-order valence-electron chi connectivity index (χ3n) is 3.49. The van der Waals surface area contributed by atoms with Gasteiger partial charge in [0.1, 0.15) is 0 Å². The van der Waals surface area contributed by atoms with Crippen molar-refractivity contribution in [1.29, 1.82) is 0 Å². The van der Waals surface area contributed by atoms with Crippen molar-refractivity contribution in [3.05, 3.63) is 59.0 Å². The summed E-state index contributed by atoms with van der Waals surface area (Å²) in [4.78, 5) is 4.50. The molecule has 2 aromatic carbocycles. The summed E-state index contributed by atoms with van der Waals surface area (Å²) in [5, 5.41) is 16.8. The van der Waals surface area contributed by atoms with Crippen LogP contribution >= 0.6 is 22.9 Å². The van der Waals surface area contributed by atoms with E-state index in [1.807, 2.05) is 35.7 Å². The molecule has 0 spiro atoms. The van der Waals surface area contributed by atoms with Gasteiger partial charge in [0.15, 0.2) is 11.5 Å². The van der Waals surface area contributed by atoms with Gasteiger partial charge in [-0.05, 0) is 17.7 Å². The van der Waals surface area contributed by atoms with E-state index in [1.54, 1.807) is 18.3 Å². The molecule has 3 rings (SSSR count). The maximum atomic E-state index is 9.95. The summed E-state index contributed by atoms with van der Waals surface area (Å²) in [7, 11) is 1.49. The number of aromatic hydroxyl groups is 1. The number of alkyl halides is 1. The van der Waals surface area contributed by atoms with Crippen molar-refractivity contribution in [1.82, 2.24) is 4.98 Å². The number of halogens is 1. The van der Waals surface area contributed by atoms with Crippen molar-refractivity contribution >= 4 is 34.3 Å². The molecule has 0 fully saturated rings. The van der Waals surface area contributed by atoms with E-state index in [1.165, 1.54) is 18.4 Å². The van der Waals surface area contributed by atoms with E-state index in [-0.39, 0.29) is 11.6 Å². The maximum absolute atomic E-state index is 9.95. The van der Waals surface area contributed by atoms with Crippen molar-refractivity contribution in [2.24, 2.45) is 5.10 Å². The molecule has 5 nitrogen and oxygen atoms in total. The van der Waals surface area contributed by atoms with Crippen LogP contribution < -0.4 is 10.2 Å². The molecule has 2 N–H and O–H groups in total. The lowest BCUT2D eigenvalue weighted by Crippen LogP contribution is -1.94. The minimum absolute atomic E-state index is 0.0510. The summed E-state index contributed by atoms with van der Waals surface area (Å²) in [6.07, 6.45) is 1.63. The quantitative estimate of drug-likeness (QED) is 0.373. The zero-order valence-corrected chi connectivity index (χ0v) is 15.0. The highest BCUT2D eigenvalue weighted by Gasteiger charge is 2.09. The number of thiazole rings is 1. The molecule has 0 saturated carbocycles. The Balaban J connectivity index is 1.73. The Kier molecular flexibility index (Phi) is 5.53. The van der Waals surface area contributed by atoms with Crippen molar-refractivity contribution in [3.63, 3.8) is 0 Å². The molecular formula is C18H16ClN3O2S. The van der Waals surface area contributed by atoms with Gasteiger partial charge >= 0.3 is 0 Å². The number of nitrogens with one attached hydrogen (secondary N) is 1. The topological polar surface area (TPSA) is 66.7 Å². The molecule has 1 heterocycles. The number of rotatable bonds is 6. The van der Waals surface area contributed by atoms with Crippen LogP contribution in [0.3, 0.4) is 0 Å². The van der Waals surface area contributed by atoms with Gasteiger partial charge in [0.2, 0.25) is 5.13 Å². The molecule has 0 saturated heterocycles. The van der Waals surface area contributed by atoms with Gasteiger partial charge in [0.25, 0.3) is 0 Å². The van der Waals surface area contributed by atoms with E-state index in [9.17, 15) is 5.11 Å². The standard InChI is InChI=1S/C18H16ClN3O2S/c1-24-16-8-12(7-14(9-19)17(16)23)10-20-22-18-21-15(11-25-18)13-5-3-2-4-6-13/h2-8,10-11,23H,9H2,1H3,(H,21,22). The van der Waals surface area contributed by atoms with E-state index >= 15 is 0 Å². The van der Waals surface area contributed by atoms with Gasteiger partial charge in [-0.1, -0.05) is 30.3 Å². The number of anilines is 1. The molecule has 0 aliphatic heterocycles. The molecule has 0 unspecified atom stereocenters. The fourth-order valence-corrected chi connectivity index (χ4v) is 3.12. The molecule has 1 aromatic heterocycles. The van der Waals surface area contributed by atoms with Crippen LogP contribution in [0.25, 0.3) is 11.3 Å². The number of ether oxygens (including phenoxy) is 1. The molecule has 0 amide bonds. The highest BCUT2D eigenvalue weighted by atomic mass is 35.5. The van der Waals surface area contributed by atoms with Crippen molar-refractivity contribution in [2.45, 2.75) is 5.88 Å². The van der Waals surface area contributed by atoms with Gasteiger partial charge in [-0.2, -0.15) is 5.10 Å². The third-order valence-corrected chi connectivity index (χ3v) is 4.52. The van der Waals surface area contributed by atoms with Crippen LogP contribution in [0.15, 0.2) is 52.9 Å². The SMILES string of the molecule is COc1cc(C=NNc2nc(-c3ccccc3)cs2)cc(CCl)c1O. The summed E-state index contributed by atoms with van der Waals surface area (Å²) in [6.45, 7) is 0. The van der Waals surface area contributed by atoms with Crippen LogP contribution in [-0.4, -0.2) is 23.4 Å². The lowest BCUT2D eigenvalue weighted by atomic mass is 10.1. The van der Waals surface area contributed by atoms with Gasteiger partial charge in [0.05, 0.1) is 24.9 Å². The van der Waals surface area contributed by atoms with E-state index < -0.39 is 0 Å². The first-order chi connectivity index (χ1) is 12.2. The van der Waals surface area contributed by atoms with Crippen molar-refractivity contribution in [2.75, 3.05) is 12.5 Å². The summed E-state index contributed by atoms with van der Waals surface area (Å²) in [5.74, 6) is 0.597. The number of phenols is 1. The number of benzene rings is 2. The normalized spacial score (nSPS) is 11.0. The molecule has 0 aliphatic carbocycles. The van der Waals surface area contributed by atoms with Gasteiger partial charge in [-0.15, -0.1) is 22.9 Å². The van der Waals surface area contributed by atoms with Crippen LogP contribution in [0.2, 0.25) is 0 Å². The van der Waals surface area contributed by atoms with Crippen LogP contribution in [0.5, 0.6) is 11.5 Å². The van der Waals surface area contributed by atoms with Crippen LogP contribution in [0.1, 0.15) is 11.1 Å². The Bertz CT molecular complexity index is 856. The number of aromatic nitrogens is 1. The Labute approximate surface area is 154 Å². The Morgan fingerprint density at radius 1 is 1.32 bits per heavy atom. The molecule has 25 heavy (non-hydrogen) atoms. The first-order valence-corrected chi connectivity index (χ1v) is 8.88. The first-order valence-electron chi connectivity index (χ1n) is 7.47. The van der Waals surface area contributed by atoms with E-state index in [0.717, 1.165) is 16.8 Å². The predicted molar refractivity (Wildman–Crippen MR) is 103 cm³/mol. The molecule has 3 aromatic rings. The molecule has 128 valence electrons. The minimum atomic E-state index is 0.0510. The number of hydrazone groups is 1. The second kappa shape index (κ2) is 8.00. The van der Waals surface area contributed by atoms with Crippen molar-refractivity contribution < 1.29 is 9.84 Å². The first kappa shape index (κ1) is 17.3. The summed E-state index contributed by atoms with van der Waals surface area (Å²) >= 11 is 7.32. The van der Waals surface area contributed by atoms with E-state index in [0.29, 0.717) is 16.4 Å². The number of methoxy groups -OCH3 is 1. The Morgan fingerprint density at radius 2 is 2.12 bits per heavy atom. The molecule has 0 radical (unpaired) electrons. The van der Waals surface area contributed by atoms with Gasteiger partial charge in [-0.25, -0.2) is 4.98 Å². The van der Waals surface area contributed by atoms with E-state index in [4.69, 9.17) is 16.3 Å². The Hall–Kier alpha value is -2.57. The molecule has 7 heteroatoms. The minimum Gasteiger partial charge on any atom is -0.504 e. The van der Waals surface area contributed by atoms with Crippen LogP contribution in [0, 0.1) is 0 Å². The van der Waals surface area contributed by atoms with Crippen molar-refractivity contribution in [3.8, 4) is 22.8 Å². The monoisotopic (exact) mass is 373 g/mol. The highest BCUT2D eigenvalue weighted by Crippen LogP contribution is 2.32. The smallest absolute Gasteiger partial charge is 0.203 e. The lowest BCUT2D eigenvalue weighted by molar-refractivity contribution is 0.371. The Morgan fingerprint density at radius 3 is 2.84 bits per heavy atom. The average Bonchev–Trinajstić information content (AvgIpc) is 3.12. The number of nitrogens with zero attached hydrogens (tertiary/aromatic N) is 2. The fourth-order valence-electron chi connectivity index (χ4n) is 2.25. The number of phenolic OH excluding ortho intramolecular Hbond substituents is 1. The van der Waals surface area contributed by atoms with E-state index in [2.05, 4.69) is 15.5 Å². The zero-order valence-electron chi connectivity index (χ0n) is 13.4. The van der Waals surface area contributed by atoms with Gasteiger partial charge in [-0.3, -0.25) is 5.43 Å². The van der Waals surface area contributed by atoms with Gasteiger partial charge in [0, 0.05) is 16.5 Å².